The second-order valence-electron chi connectivity index (χ2n) is 8.35. The molecule has 1 aliphatic heterocycles. The van der Waals surface area contributed by atoms with Crippen molar-refractivity contribution in [2.24, 2.45) is 0 Å². The third kappa shape index (κ3) is 4.79. The first-order valence-corrected chi connectivity index (χ1v) is 12.3. The standard InChI is InChI=1S/C22H26F2N4O4S/c1-15(2)33(30,31)27-9-7-26(8-10-27)20-14-25-28(18-12-16(23)11-17(24)13-18)22(29)21(20)32-19-5-3-4-6-19/h3,5,11-15,19H,4,6-10H2,1-2H3. The smallest absolute Gasteiger partial charge is 0.316 e. The van der Waals surface area contributed by atoms with Crippen LogP contribution in [0.1, 0.15) is 26.7 Å². The van der Waals surface area contributed by atoms with Gasteiger partial charge in [0.15, 0.2) is 0 Å². The number of piperazine rings is 1. The lowest BCUT2D eigenvalue weighted by Crippen LogP contribution is -2.50. The molecule has 1 fully saturated rings. The molecule has 8 nitrogen and oxygen atoms in total. The molecule has 1 atom stereocenters. The van der Waals surface area contributed by atoms with Crippen LogP contribution in [0.15, 0.2) is 41.3 Å². The van der Waals surface area contributed by atoms with Gasteiger partial charge in [-0.1, -0.05) is 6.08 Å². The minimum atomic E-state index is -3.38. The molecule has 1 aromatic heterocycles. The minimum Gasteiger partial charge on any atom is -0.479 e. The lowest BCUT2D eigenvalue weighted by atomic mass is 10.2. The van der Waals surface area contributed by atoms with E-state index in [-0.39, 0.29) is 30.6 Å². The average Bonchev–Trinajstić information content (AvgIpc) is 3.27. The number of sulfonamides is 1. The van der Waals surface area contributed by atoms with Crippen molar-refractivity contribution in [2.45, 2.75) is 38.0 Å². The van der Waals surface area contributed by atoms with E-state index in [9.17, 15) is 22.0 Å². The monoisotopic (exact) mass is 480 g/mol. The third-order valence-corrected chi connectivity index (χ3v) is 8.06. The Bertz CT molecular complexity index is 1200. The first-order valence-electron chi connectivity index (χ1n) is 10.8. The van der Waals surface area contributed by atoms with Gasteiger partial charge in [-0.05, 0) is 44.9 Å². The summed E-state index contributed by atoms with van der Waals surface area (Å²) in [6, 6.07) is 2.76. The van der Waals surface area contributed by atoms with Gasteiger partial charge in [-0.3, -0.25) is 4.79 Å². The molecule has 2 heterocycles. The molecule has 0 N–H and O–H groups in total. The van der Waals surface area contributed by atoms with E-state index in [1.54, 1.807) is 13.8 Å². The van der Waals surface area contributed by atoms with E-state index in [0.717, 1.165) is 23.2 Å². The molecule has 11 heteroatoms. The molecule has 0 amide bonds. The van der Waals surface area contributed by atoms with Crippen LogP contribution < -0.4 is 15.2 Å². The number of aromatic nitrogens is 2. The molecule has 0 spiro atoms. The number of ether oxygens (including phenoxy) is 1. The van der Waals surface area contributed by atoms with Gasteiger partial charge in [-0.2, -0.15) is 14.1 Å². The van der Waals surface area contributed by atoms with Gasteiger partial charge in [0, 0.05) is 32.2 Å². The highest BCUT2D eigenvalue weighted by atomic mass is 32.2. The van der Waals surface area contributed by atoms with Crippen molar-refractivity contribution >= 4 is 15.7 Å². The van der Waals surface area contributed by atoms with Gasteiger partial charge >= 0.3 is 5.56 Å². The largest absolute Gasteiger partial charge is 0.479 e. The Hall–Kier alpha value is -2.79. The molecule has 2 aromatic rings. The molecule has 1 aromatic carbocycles. The summed E-state index contributed by atoms with van der Waals surface area (Å²) in [7, 11) is -3.38. The van der Waals surface area contributed by atoms with E-state index < -0.39 is 32.5 Å². The van der Waals surface area contributed by atoms with Crippen LogP contribution in [0.5, 0.6) is 5.75 Å². The first kappa shape index (κ1) is 23.4. The Kier molecular flexibility index (Phi) is 6.53. The molecule has 0 saturated carbocycles. The normalized spacial score (nSPS) is 19.4. The highest BCUT2D eigenvalue weighted by Gasteiger charge is 2.31. The molecule has 4 rings (SSSR count). The zero-order chi connectivity index (χ0) is 23.8. The molecule has 0 radical (unpaired) electrons. The fourth-order valence-electron chi connectivity index (χ4n) is 3.95. The molecule has 178 valence electrons. The quantitative estimate of drug-likeness (QED) is 0.591. The van der Waals surface area contributed by atoms with Gasteiger partial charge in [-0.25, -0.2) is 17.2 Å². The number of rotatable bonds is 6. The van der Waals surface area contributed by atoms with Crippen molar-refractivity contribution in [3.05, 3.63) is 58.5 Å². The molecule has 33 heavy (non-hydrogen) atoms. The topological polar surface area (TPSA) is 84.7 Å². The Labute approximate surface area is 191 Å². The van der Waals surface area contributed by atoms with Crippen molar-refractivity contribution < 1.29 is 21.9 Å². The Morgan fingerprint density at radius 3 is 2.33 bits per heavy atom. The fourth-order valence-corrected chi connectivity index (χ4v) is 5.22. The molecular formula is C22H26F2N4O4S. The average molecular weight is 481 g/mol. The van der Waals surface area contributed by atoms with Crippen molar-refractivity contribution in [1.82, 2.24) is 14.1 Å². The van der Waals surface area contributed by atoms with Gasteiger partial charge in [0.25, 0.3) is 0 Å². The van der Waals surface area contributed by atoms with E-state index in [0.29, 0.717) is 31.3 Å². The maximum absolute atomic E-state index is 13.7. The minimum absolute atomic E-state index is 0.0198. The van der Waals surface area contributed by atoms with Crippen LogP contribution >= 0.6 is 0 Å². The predicted octanol–water partition coefficient (Wildman–Crippen LogP) is 2.47. The number of benzene rings is 1. The van der Waals surface area contributed by atoms with E-state index in [1.165, 1.54) is 10.5 Å². The van der Waals surface area contributed by atoms with Gasteiger partial charge in [-0.15, -0.1) is 0 Å². The Morgan fingerprint density at radius 2 is 1.76 bits per heavy atom. The summed E-state index contributed by atoms with van der Waals surface area (Å²) in [5.41, 5.74) is -0.270. The van der Waals surface area contributed by atoms with E-state index in [2.05, 4.69) is 5.10 Å². The highest BCUT2D eigenvalue weighted by molar-refractivity contribution is 7.89. The fraction of sp³-hybridized carbons (Fsp3) is 0.455. The summed E-state index contributed by atoms with van der Waals surface area (Å²) >= 11 is 0. The zero-order valence-corrected chi connectivity index (χ0v) is 19.3. The van der Waals surface area contributed by atoms with Crippen LogP contribution in [-0.4, -0.2) is 60.0 Å². The Balaban J connectivity index is 1.69. The van der Waals surface area contributed by atoms with Crippen molar-refractivity contribution in [3.8, 4) is 11.4 Å². The maximum Gasteiger partial charge on any atom is 0.316 e. The molecule has 1 unspecified atom stereocenters. The van der Waals surface area contributed by atoms with Crippen LogP contribution in [0.3, 0.4) is 0 Å². The number of halogens is 2. The summed E-state index contributed by atoms with van der Waals surface area (Å²) in [6.45, 7) is 4.51. The summed E-state index contributed by atoms with van der Waals surface area (Å²) in [5, 5.41) is 3.62. The van der Waals surface area contributed by atoms with E-state index in [4.69, 9.17) is 4.74 Å². The molecule has 0 bridgehead atoms. The van der Waals surface area contributed by atoms with Crippen molar-refractivity contribution in [1.29, 1.82) is 0 Å². The maximum atomic E-state index is 13.7. The molecule has 2 aliphatic rings. The molecule has 1 saturated heterocycles. The van der Waals surface area contributed by atoms with Gasteiger partial charge < -0.3 is 9.64 Å². The number of hydrogen-bond donors (Lipinski definition) is 0. The lowest BCUT2D eigenvalue weighted by molar-refractivity contribution is 0.243. The summed E-state index contributed by atoms with van der Waals surface area (Å²) in [6.07, 6.45) is 6.46. The van der Waals surface area contributed by atoms with Crippen LogP contribution in [-0.2, 0) is 10.0 Å². The lowest BCUT2D eigenvalue weighted by Gasteiger charge is -2.36. The van der Waals surface area contributed by atoms with Crippen molar-refractivity contribution in [3.63, 3.8) is 0 Å². The predicted molar refractivity (Wildman–Crippen MR) is 120 cm³/mol. The number of anilines is 1. The summed E-state index contributed by atoms with van der Waals surface area (Å²) in [5.74, 6) is -1.63. The SMILES string of the molecule is CC(C)S(=O)(=O)N1CCN(c2cnn(-c3cc(F)cc(F)c3)c(=O)c2OC2C=CCC2)CC1. The van der Waals surface area contributed by atoms with Crippen LogP contribution in [0.25, 0.3) is 5.69 Å². The van der Waals surface area contributed by atoms with E-state index in [1.807, 2.05) is 17.1 Å². The number of hydrogen-bond acceptors (Lipinski definition) is 6. The molecular weight excluding hydrogens is 454 g/mol. The summed E-state index contributed by atoms with van der Waals surface area (Å²) < 4.78 is 60.8. The second-order valence-corrected chi connectivity index (χ2v) is 10.8. The van der Waals surface area contributed by atoms with Crippen LogP contribution in [0.4, 0.5) is 14.5 Å². The van der Waals surface area contributed by atoms with Crippen LogP contribution in [0.2, 0.25) is 0 Å². The second kappa shape index (κ2) is 9.22. The Morgan fingerprint density at radius 1 is 1.09 bits per heavy atom. The number of allylic oxidation sites excluding steroid dienone is 1. The van der Waals surface area contributed by atoms with Gasteiger partial charge in [0.2, 0.25) is 15.8 Å². The molecule has 1 aliphatic carbocycles. The third-order valence-electron chi connectivity index (χ3n) is 5.78. The number of nitrogens with zero attached hydrogens (tertiary/aromatic N) is 4. The van der Waals surface area contributed by atoms with Gasteiger partial charge in [0.05, 0.1) is 17.1 Å². The zero-order valence-electron chi connectivity index (χ0n) is 18.4. The van der Waals surface area contributed by atoms with Crippen LogP contribution in [0, 0.1) is 11.6 Å². The van der Waals surface area contributed by atoms with E-state index >= 15 is 0 Å². The van der Waals surface area contributed by atoms with Crippen molar-refractivity contribution in [2.75, 3.05) is 31.1 Å². The van der Waals surface area contributed by atoms with Gasteiger partial charge in [0.1, 0.15) is 23.4 Å². The summed E-state index contributed by atoms with van der Waals surface area (Å²) in [4.78, 5) is 15.2. The highest BCUT2D eigenvalue weighted by Crippen LogP contribution is 2.29. The first-order chi connectivity index (χ1) is 15.7.